The van der Waals surface area contributed by atoms with Crippen LogP contribution in [0.25, 0.3) is 10.9 Å². The van der Waals surface area contributed by atoms with E-state index in [9.17, 15) is 9.59 Å². The Kier molecular flexibility index (Phi) is 5.89. The third kappa shape index (κ3) is 4.46. The second-order valence-electron chi connectivity index (χ2n) is 6.71. The standard InChI is InChI=1S/C22H23N3O3/c1-15-8-9-17(16(2)10-15)11-21(26)24-23-12-18-13-25(14-22(27)28-3)20-7-5-4-6-19(18)20/h4-10,12-13H,11,14H2,1-3H3,(H,24,26)/b23-12-. The van der Waals surface area contributed by atoms with Crippen LogP contribution in [0.15, 0.2) is 53.8 Å². The molecular weight excluding hydrogens is 354 g/mol. The lowest BCUT2D eigenvalue weighted by molar-refractivity contribution is -0.141. The molecule has 28 heavy (non-hydrogen) atoms. The monoisotopic (exact) mass is 377 g/mol. The molecule has 3 aromatic rings. The van der Waals surface area contributed by atoms with E-state index in [4.69, 9.17) is 4.74 Å². The molecule has 1 heterocycles. The molecule has 1 aromatic heterocycles. The Labute approximate surface area is 163 Å². The summed E-state index contributed by atoms with van der Waals surface area (Å²) in [5, 5.41) is 5.04. The van der Waals surface area contributed by atoms with Crippen molar-refractivity contribution in [3.8, 4) is 0 Å². The number of fused-ring (bicyclic) bond motifs is 1. The normalized spacial score (nSPS) is 11.1. The number of rotatable bonds is 6. The number of aryl methyl sites for hydroxylation is 2. The van der Waals surface area contributed by atoms with E-state index in [0.29, 0.717) is 0 Å². The molecule has 0 saturated heterocycles. The van der Waals surface area contributed by atoms with E-state index in [1.165, 1.54) is 12.7 Å². The number of nitrogens with one attached hydrogen (secondary N) is 1. The molecule has 0 aliphatic rings. The van der Waals surface area contributed by atoms with Gasteiger partial charge in [-0.05, 0) is 31.0 Å². The van der Waals surface area contributed by atoms with Gasteiger partial charge in [0.2, 0.25) is 5.91 Å². The topological polar surface area (TPSA) is 72.7 Å². The number of hydrazone groups is 1. The molecule has 2 aromatic carbocycles. The summed E-state index contributed by atoms with van der Waals surface area (Å²) in [5.41, 5.74) is 7.52. The fourth-order valence-corrected chi connectivity index (χ4v) is 3.14. The van der Waals surface area contributed by atoms with Crippen LogP contribution in [0.3, 0.4) is 0 Å². The van der Waals surface area contributed by atoms with Gasteiger partial charge in [-0.2, -0.15) is 5.10 Å². The first-order valence-electron chi connectivity index (χ1n) is 9.00. The number of aromatic nitrogens is 1. The van der Waals surface area contributed by atoms with Crippen molar-refractivity contribution in [2.45, 2.75) is 26.8 Å². The molecule has 6 nitrogen and oxygen atoms in total. The first kappa shape index (κ1) is 19.4. The van der Waals surface area contributed by atoms with Crippen molar-refractivity contribution in [2.75, 3.05) is 7.11 Å². The van der Waals surface area contributed by atoms with Gasteiger partial charge in [-0.25, -0.2) is 5.43 Å². The number of nitrogens with zero attached hydrogens (tertiary/aromatic N) is 2. The van der Waals surface area contributed by atoms with Gasteiger partial charge in [0, 0.05) is 22.7 Å². The van der Waals surface area contributed by atoms with Gasteiger partial charge in [-0.1, -0.05) is 42.0 Å². The largest absolute Gasteiger partial charge is 0.468 e. The predicted octanol–water partition coefficient (Wildman–Crippen LogP) is 3.12. The van der Waals surface area contributed by atoms with Crippen LogP contribution in [0.1, 0.15) is 22.3 Å². The summed E-state index contributed by atoms with van der Waals surface area (Å²) >= 11 is 0. The zero-order valence-corrected chi connectivity index (χ0v) is 16.2. The minimum atomic E-state index is -0.328. The number of amides is 1. The zero-order valence-electron chi connectivity index (χ0n) is 16.2. The molecule has 144 valence electrons. The molecule has 0 unspecified atom stereocenters. The summed E-state index contributed by atoms with van der Waals surface area (Å²) in [6.45, 7) is 4.14. The van der Waals surface area contributed by atoms with E-state index >= 15 is 0 Å². The summed E-state index contributed by atoms with van der Waals surface area (Å²) < 4.78 is 6.55. The number of hydrogen-bond acceptors (Lipinski definition) is 4. The molecule has 0 fully saturated rings. The summed E-state index contributed by atoms with van der Waals surface area (Å²) in [4.78, 5) is 23.8. The molecule has 0 atom stereocenters. The van der Waals surface area contributed by atoms with Gasteiger partial charge in [-0.3, -0.25) is 9.59 Å². The van der Waals surface area contributed by atoms with Crippen LogP contribution in [0.5, 0.6) is 0 Å². The molecule has 0 radical (unpaired) electrons. The number of methoxy groups -OCH3 is 1. The maximum absolute atomic E-state index is 12.2. The highest BCUT2D eigenvalue weighted by molar-refractivity contribution is 6.00. The third-order valence-electron chi connectivity index (χ3n) is 4.59. The number of carbonyl (C=O) groups excluding carboxylic acids is 2. The average Bonchev–Trinajstić information content (AvgIpc) is 3.02. The van der Waals surface area contributed by atoms with Crippen LogP contribution in [0.2, 0.25) is 0 Å². The van der Waals surface area contributed by atoms with Crippen LogP contribution in [0, 0.1) is 13.8 Å². The van der Waals surface area contributed by atoms with Crippen molar-refractivity contribution < 1.29 is 14.3 Å². The fraction of sp³-hybridized carbons (Fsp3) is 0.227. The van der Waals surface area contributed by atoms with Gasteiger partial charge >= 0.3 is 5.97 Å². The Balaban J connectivity index is 1.72. The minimum absolute atomic E-state index is 0.115. The van der Waals surface area contributed by atoms with E-state index in [1.807, 2.05) is 56.4 Å². The highest BCUT2D eigenvalue weighted by Gasteiger charge is 2.10. The molecule has 1 amide bonds. The lowest BCUT2D eigenvalue weighted by Gasteiger charge is -2.05. The van der Waals surface area contributed by atoms with E-state index in [-0.39, 0.29) is 24.8 Å². The lowest BCUT2D eigenvalue weighted by atomic mass is 10.0. The SMILES string of the molecule is COC(=O)Cn1cc(/C=N\NC(=O)Cc2ccc(C)cc2C)c2ccccc21. The number of esters is 1. The highest BCUT2D eigenvalue weighted by Crippen LogP contribution is 2.20. The first-order valence-corrected chi connectivity index (χ1v) is 9.00. The van der Waals surface area contributed by atoms with E-state index < -0.39 is 0 Å². The van der Waals surface area contributed by atoms with Gasteiger partial charge in [0.25, 0.3) is 0 Å². The summed E-state index contributed by atoms with van der Waals surface area (Å²) in [5.74, 6) is -0.507. The van der Waals surface area contributed by atoms with Gasteiger partial charge < -0.3 is 9.30 Å². The summed E-state index contributed by atoms with van der Waals surface area (Å²) in [6.07, 6.45) is 3.69. The molecule has 0 saturated carbocycles. The molecule has 0 aliphatic heterocycles. The van der Waals surface area contributed by atoms with Crippen molar-refractivity contribution in [1.82, 2.24) is 9.99 Å². The van der Waals surface area contributed by atoms with Crippen LogP contribution < -0.4 is 5.43 Å². The Morgan fingerprint density at radius 1 is 1.18 bits per heavy atom. The molecule has 3 rings (SSSR count). The molecular formula is C22H23N3O3. The van der Waals surface area contributed by atoms with E-state index in [2.05, 4.69) is 16.6 Å². The third-order valence-corrected chi connectivity index (χ3v) is 4.59. The molecule has 1 N–H and O–H groups in total. The van der Waals surface area contributed by atoms with Crippen LogP contribution in [0.4, 0.5) is 0 Å². The molecule has 6 heteroatoms. The van der Waals surface area contributed by atoms with Crippen molar-refractivity contribution >= 4 is 29.0 Å². The molecule has 0 aliphatic carbocycles. The van der Waals surface area contributed by atoms with Crippen LogP contribution >= 0.6 is 0 Å². The second-order valence-corrected chi connectivity index (χ2v) is 6.71. The second kappa shape index (κ2) is 8.52. The summed E-state index contributed by atoms with van der Waals surface area (Å²) in [6, 6.07) is 13.7. The number of para-hydroxylation sites is 1. The van der Waals surface area contributed by atoms with E-state index in [1.54, 1.807) is 10.8 Å². The Morgan fingerprint density at radius 3 is 2.71 bits per heavy atom. The first-order chi connectivity index (χ1) is 13.5. The average molecular weight is 377 g/mol. The Hall–Kier alpha value is -3.41. The number of ether oxygens (including phenoxy) is 1. The predicted molar refractivity (Wildman–Crippen MR) is 109 cm³/mol. The lowest BCUT2D eigenvalue weighted by Crippen LogP contribution is -2.20. The number of benzene rings is 2. The smallest absolute Gasteiger partial charge is 0.325 e. The number of carbonyl (C=O) groups is 2. The zero-order chi connectivity index (χ0) is 20.1. The van der Waals surface area contributed by atoms with Crippen molar-refractivity contribution in [2.24, 2.45) is 5.10 Å². The Morgan fingerprint density at radius 2 is 1.96 bits per heavy atom. The van der Waals surface area contributed by atoms with Gasteiger partial charge in [0.05, 0.1) is 19.7 Å². The minimum Gasteiger partial charge on any atom is -0.468 e. The van der Waals surface area contributed by atoms with Crippen molar-refractivity contribution in [3.63, 3.8) is 0 Å². The molecule has 0 spiro atoms. The highest BCUT2D eigenvalue weighted by atomic mass is 16.5. The quantitative estimate of drug-likeness (QED) is 0.407. The summed E-state index contributed by atoms with van der Waals surface area (Å²) in [7, 11) is 1.36. The Bertz CT molecular complexity index is 1050. The van der Waals surface area contributed by atoms with Gasteiger partial charge in [0.1, 0.15) is 6.54 Å². The number of hydrogen-bond donors (Lipinski definition) is 1. The molecule has 0 bridgehead atoms. The fourth-order valence-electron chi connectivity index (χ4n) is 3.14. The van der Waals surface area contributed by atoms with Crippen molar-refractivity contribution in [3.05, 3.63) is 70.9 Å². The van der Waals surface area contributed by atoms with E-state index in [0.717, 1.165) is 27.6 Å². The maximum Gasteiger partial charge on any atom is 0.325 e. The van der Waals surface area contributed by atoms with Crippen LogP contribution in [-0.2, 0) is 27.3 Å². The van der Waals surface area contributed by atoms with Gasteiger partial charge in [-0.15, -0.1) is 0 Å². The van der Waals surface area contributed by atoms with Gasteiger partial charge in [0.15, 0.2) is 0 Å². The maximum atomic E-state index is 12.2. The van der Waals surface area contributed by atoms with Crippen molar-refractivity contribution in [1.29, 1.82) is 0 Å². The van der Waals surface area contributed by atoms with Crippen LogP contribution in [-0.4, -0.2) is 29.8 Å².